The molecule has 0 unspecified atom stereocenters. The average molecular weight is 486 g/mol. The molecular formula is C26H16F2N4O4. The van der Waals surface area contributed by atoms with E-state index in [9.17, 15) is 23.6 Å². The lowest BCUT2D eigenvalue weighted by molar-refractivity contribution is 0.386. The first-order chi connectivity index (χ1) is 17.4. The first kappa shape index (κ1) is 22.7. The van der Waals surface area contributed by atoms with Gasteiger partial charge in [0.05, 0.1) is 48.6 Å². The van der Waals surface area contributed by atoms with E-state index >= 15 is 0 Å². The van der Waals surface area contributed by atoms with E-state index < -0.39 is 22.9 Å². The van der Waals surface area contributed by atoms with Crippen LogP contribution < -0.4 is 20.7 Å². The van der Waals surface area contributed by atoms with Crippen molar-refractivity contribution in [3.63, 3.8) is 0 Å². The van der Waals surface area contributed by atoms with Crippen molar-refractivity contribution in [1.29, 1.82) is 5.26 Å². The molecule has 3 aromatic carbocycles. The van der Waals surface area contributed by atoms with Gasteiger partial charge in [0.1, 0.15) is 11.6 Å². The van der Waals surface area contributed by atoms with Gasteiger partial charge in [-0.15, -0.1) is 0 Å². The number of nitriles is 1. The molecule has 0 radical (unpaired) electrons. The van der Waals surface area contributed by atoms with Gasteiger partial charge in [-0.05, 0) is 30.3 Å². The number of rotatable bonds is 4. The van der Waals surface area contributed by atoms with E-state index in [1.54, 1.807) is 6.07 Å². The number of benzene rings is 3. The van der Waals surface area contributed by atoms with E-state index in [0.29, 0.717) is 10.9 Å². The summed E-state index contributed by atoms with van der Waals surface area (Å²) < 4.78 is 40.2. The number of methoxy groups -OCH3 is 2. The lowest BCUT2D eigenvalue weighted by Gasteiger charge is -2.14. The monoisotopic (exact) mass is 486 g/mol. The third-order valence-corrected chi connectivity index (χ3v) is 5.87. The van der Waals surface area contributed by atoms with Crippen molar-refractivity contribution < 1.29 is 18.3 Å². The highest BCUT2D eigenvalue weighted by Gasteiger charge is 2.20. The standard InChI is InChI=1S/C26H16F2N4O4/c1-35-22-9-17-20(7-16(22)15-8-23(36-2)19(28)6-14(15)10-29)31-26(34)32(25(17)33)21-12-30-11-13-4-3-5-18(27)24(13)21/h3-9,11-12H,1-2H3,(H,31,34). The normalized spacial score (nSPS) is 11.0. The minimum atomic E-state index is -0.821. The predicted molar refractivity (Wildman–Crippen MR) is 129 cm³/mol. The van der Waals surface area contributed by atoms with E-state index in [4.69, 9.17) is 9.47 Å². The maximum atomic E-state index is 14.7. The number of aromatic amines is 1. The first-order valence-corrected chi connectivity index (χ1v) is 10.6. The van der Waals surface area contributed by atoms with E-state index in [2.05, 4.69) is 9.97 Å². The average Bonchev–Trinajstić information content (AvgIpc) is 2.88. The Morgan fingerprint density at radius 2 is 1.75 bits per heavy atom. The fraction of sp³-hybridized carbons (Fsp3) is 0.0769. The van der Waals surface area contributed by atoms with Crippen LogP contribution in [0.15, 0.2) is 64.4 Å². The Bertz CT molecular complexity index is 1850. The van der Waals surface area contributed by atoms with Crippen molar-refractivity contribution in [3.05, 3.63) is 92.9 Å². The summed E-state index contributed by atoms with van der Waals surface area (Å²) in [7, 11) is 2.66. The number of halogens is 2. The van der Waals surface area contributed by atoms with Gasteiger partial charge in [0.2, 0.25) is 0 Å². The number of nitrogens with zero attached hydrogens (tertiary/aromatic N) is 3. The molecular weight excluding hydrogens is 470 g/mol. The van der Waals surface area contributed by atoms with Crippen LogP contribution in [-0.4, -0.2) is 28.8 Å². The van der Waals surface area contributed by atoms with Gasteiger partial charge in [0.15, 0.2) is 11.6 Å². The molecule has 0 aliphatic rings. The summed E-state index contributed by atoms with van der Waals surface area (Å²) in [6.45, 7) is 0. The van der Waals surface area contributed by atoms with Crippen molar-refractivity contribution in [2.45, 2.75) is 0 Å². The lowest BCUT2D eigenvalue weighted by atomic mass is 9.97. The molecule has 0 aliphatic carbocycles. The van der Waals surface area contributed by atoms with E-state index in [1.807, 2.05) is 6.07 Å². The summed E-state index contributed by atoms with van der Waals surface area (Å²) in [4.78, 5) is 33.3. The maximum absolute atomic E-state index is 14.7. The molecule has 178 valence electrons. The van der Waals surface area contributed by atoms with Crippen LogP contribution in [0.4, 0.5) is 8.78 Å². The molecule has 36 heavy (non-hydrogen) atoms. The van der Waals surface area contributed by atoms with Crippen LogP contribution in [0, 0.1) is 23.0 Å². The van der Waals surface area contributed by atoms with Gasteiger partial charge >= 0.3 is 5.69 Å². The number of H-pyrrole nitrogens is 1. The van der Waals surface area contributed by atoms with Crippen LogP contribution in [0.3, 0.4) is 0 Å². The van der Waals surface area contributed by atoms with Crippen molar-refractivity contribution in [2.24, 2.45) is 0 Å². The number of hydrogen-bond acceptors (Lipinski definition) is 6. The summed E-state index contributed by atoms with van der Waals surface area (Å²) in [5, 5.41) is 10.1. The molecule has 0 atom stereocenters. The van der Waals surface area contributed by atoms with Crippen LogP contribution >= 0.6 is 0 Å². The fourth-order valence-corrected chi connectivity index (χ4v) is 4.21. The van der Waals surface area contributed by atoms with Crippen LogP contribution in [0.1, 0.15) is 5.56 Å². The van der Waals surface area contributed by atoms with Gasteiger partial charge in [-0.3, -0.25) is 9.78 Å². The molecule has 0 fully saturated rings. The molecule has 0 aliphatic heterocycles. The second-order valence-electron chi connectivity index (χ2n) is 7.81. The third-order valence-electron chi connectivity index (χ3n) is 5.87. The first-order valence-electron chi connectivity index (χ1n) is 10.6. The molecule has 0 saturated carbocycles. The second-order valence-corrected chi connectivity index (χ2v) is 7.81. The molecule has 0 amide bonds. The van der Waals surface area contributed by atoms with Crippen molar-refractivity contribution in [1.82, 2.24) is 14.5 Å². The van der Waals surface area contributed by atoms with Gasteiger partial charge in [-0.1, -0.05) is 12.1 Å². The number of ether oxygens (including phenoxy) is 2. The number of nitrogens with one attached hydrogen (secondary N) is 1. The summed E-state index contributed by atoms with van der Waals surface area (Å²) in [5.41, 5.74) is -0.828. The SMILES string of the molecule is COc1cc(-c2cc3[nH]c(=O)n(-c4cncc5cccc(F)c45)c(=O)c3cc2OC)c(C#N)cc1F. The number of aromatic nitrogens is 3. The van der Waals surface area contributed by atoms with E-state index in [0.717, 1.165) is 10.6 Å². The van der Waals surface area contributed by atoms with Gasteiger partial charge in [-0.2, -0.15) is 5.26 Å². The molecule has 2 aromatic heterocycles. The molecule has 0 spiro atoms. The quantitative estimate of drug-likeness (QED) is 0.410. The number of fused-ring (bicyclic) bond motifs is 2. The highest BCUT2D eigenvalue weighted by atomic mass is 19.1. The Morgan fingerprint density at radius 1 is 0.972 bits per heavy atom. The van der Waals surface area contributed by atoms with Crippen LogP contribution in [0.25, 0.3) is 38.5 Å². The third kappa shape index (κ3) is 3.45. The molecule has 0 bridgehead atoms. The van der Waals surface area contributed by atoms with E-state index in [-0.39, 0.29) is 44.6 Å². The van der Waals surface area contributed by atoms with Gasteiger partial charge in [0.25, 0.3) is 5.56 Å². The summed E-state index contributed by atoms with van der Waals surface area (Å²) in [6.07, 6.45) is 2.67. The van der Waals surface area contributed by atoms with Crippen LogP contribution in [0.2, 0.25) is 0 Å². The maximum Gasteiger partial charge on any atom is 0.333 e. The molecule has 2 heterocycles. The summed E-state index contributed by atoms with van der Waals surface area (Å²) in [5.74, 6) is -1.24. The lowest BCUT2D eigenvalue weighted by Crippen LogP contribution is -2.34. The Balaban J connectivity index is 1.83. The van der Waals surface area contributed by atoms with Gasteiger partial charge in [0, 0.05) is 28.1 Å². The number of pyridine rings is 1. The van der Waals surface area contributed by atoms with Crippen LogP contribution in [0.5, 0.6) is 11.5 Å². The molecule has 1 N–H and O–H groups in total. The minimum Gasteiger partial charge on any atom is -0.496 e. The molecule has 10 heteroatoms. The predicted octanol–water partition coefficient (Wildman–Crippen LogP) is 4.06. The van der Waals surface area contributed by atoms with Crippen molar-refractivity contribution in [3.8, 4) is 34.4 Å². The highest BCUT2D eigenvalue weighted by molar-refractivity contribution is 5.92. The zero-order valence-electron chi connectivity index (χ0n) is 18.9. The fourth-order valence-electron chi connectivity index (χ4n) is 4.21. The summed E-state index contributed by atoms with van der Waals surface area (Å²) >= 11 is 0. The van der Waals surface area contributed by atoms with E-state index in [1.165, 1.54) is 56.9 Å². The Morgan fingerprint density at radius 3 is 2.47 bits per heavy atom. The van der Waals surface area contributed by atoms with Crippen molar-refractivity contribution >= 4 is 21.7 Å². The molecule has 0 saturated heterocycles. The smallest absolute Gasteiger partial charge is 0.333 e. The Kier molecular flexibility index (Phi) is 5.45. The topological polar surface area (TPSA) is 110 Å². The largest absolute Gasteiger partial charge is 0.496 e. The van der Waals surface area contributed by atoms with Gasteiger partial charge < -0.3 is 14.5 Å². The minimum absolute atomic E-state index is 0.000978. The molecule has 5 rings (SSSR count). The van der Waals surface area contributed by atoms with Crippen LogP contribution in [-0.2, 0) is 0 Å². The van der Waals surface area contributed by atoms with Crippen molar-refractivity contribution in [2.75, 3.05) is 14.2 Å². The number of hydrogen-bond donors (Lipinski definition) is 1. The zero-order valence-corrected chi connectivity index (χ0v) is 18.9. The molecule has 5 aromatic rings. The highest BCUT2D eigenvalue weighted by Crippen LogP contribution is 2.37. The zero-order chi connectivity index (χ0) is 25.6. The Hall–Kier alpha value is -5.04. The Labute approximate surface area is 201 Å². The van der Waals surface area contributed by atoms with Gasteiger partial charge in [-0.25, -0.2) is 18.1 Å². The second kappa shape index (κ2) is 8.63. The summed E-state index contributed by atoms with van der Waals surface area (Å²) in [6, 6.07) is 11.5. The molecule has 8 nitrogen and oxygen atoms in total.